The van der Waals surface area contributed by atoms with Crippen molar-refractivity contribution >= 4 is 16.8 Å². The smallest absolute Gasteiger partial charge is 0.252 e. The Balaban J connectivity index is 1.81. The molecule has 1 aliphatic carbocycles. The topological polar surface area (TPSA) is 60.5 Å². The van der Waals surface area contributed by atoms with Gasteiger partial charge in [-0.3, -0.25) is 4.79 Å². The normalized spacial score (nSPS) is 14.2. The fourth-order valence-corrected chi connectivity index (χ4v) is 3.84. The number of para-hydroxylation sites is 1. The summed E-state index contributed by atoms with van der Waals surface area (Å²) < 4.78 is 10.8. The summed E-state index contributed by atoms with van der Waals surface area (Å²) in [7, 11) is 3.24. The van der Waals surface area contributed by atoms with Gasteiger partial charge in [0.1, 0.15) is 11.5 Å². The first kappa shape index (κ1) is 18.3. The molecule has 0 radical (unpaired) electrons. The lowest BCUT2D eigenvalue weighted by atomic mass is 10.0. The van der Waals surface area contributed by atoms with E-state index >= 15 is 0 Å². The number of rotatable bonds is 5. The molecule has 1 N–H and O–H groups in total. The predicted molar refractivity (Wildman–Crippen MR) is 110 cm³/mol. The third-order valence-electron chi connectivity index (χ3n) is 5.34. The molecule has 0 atom stereocenters. The Morgan fingerprint density at radius 3 is 2.57 bits per heavy atom. The molecule has 1 heterocycles. The van der Waals surface area contributed by atoms with Crippen LogP contribution in [0.2, 0.25) is 0 Å². The minimum atomic E-state index is -0.0424. The van der Waals surface area contributed by atoms with E-state index in [0.29, 0.717) is 22.8 Å². The summed E-state index contributed by atoms with van der Waals surface area (Å²) in [6.07, 6.45) is 4.45. The molecule has 0 unspecified atom stereocenters. The summed E-state index contributed by atoms with van der Waals surface area (Å²) in [5, 5.41) is 4.05. The molecule has 1 fully saturated rings. The number of nitrogens with one attached hydrogen (secondary N) is 1. The number of hydrogen-bond donors (Lipinski definition) is 1. The Morgan fingerprint density at radius 2 is 1.82 bits per heavy atom. The third kappa shape index (κ3) is 3.52. The molecule has 0 spiro atoms. The zero-order valence-corrected chi connectivity index (χ0v) is 16.2. The molecular weight excluding hydrogens is 352 g/mol. The number of carbonyl (C=O) groups excluding carboxylic acids is 1. The van der Waals surface area contributed by atoms with Crippen LogP contribution in [0.15, 0.2) is 48.5 Å². The largest absolute Gasteiger partial charge is 0.497 e. The number of amides is 1. The van der Waals surface area contributed by atoms with Crippen LogP contribution in [0.4, 0.5) is 0 Å². The lowest BCUT2D eigenvalue weighted by Gasteiger charge is -2.15. The summed E-state index contributed by atoms with van der Waals surface area (Å²) >= 11 is 0. The molecule has 28 heavy (non-hydrogen) atoms. The molecule has 1 amide bonds. The number of aromatic nitrogens is 1. The van der Waals surface area contributed by atoms with Crippen LogP contribution >= 0.6 is 0 Å². The number of ether oxygens (including phenoxy) is 2. The van der Waals surface area contributed by atoms with E-state index in [4.69, 9.17) is 14.5 Å². The molecule has 3 aromatic rings. The maximum absolute atomic E-state index is 13.1. The van der Waals surface area contributed by atoms with Gasteiger partial charge in [0, 0.05) is 23.1 Å². The number of hydrogen-bond acceptors (Lipinski definition) is 4. The van der Waals surface area contributed by atoms with E-state index in [1.54, 1.807) is 14.2 Å². The van der Waals surface area contributed by atoms with Crippen LogP contribution in [-0.4, -0.2) is 31.2 Å². The number of methoxy groups -OCH3 is 2. The van der Waals surface area contributed by atoms with Gasteiger partial charge < -0.3 is 14.8 Å². The highest BCUT2D eigenvalue weighted by molar-refractivity contribution is 6.07. The number of benzene rings is 2. The summed E-state index contributed by atoms with van der Waals surface area (Å²) in [5.41, 5.74) is 2.96. The van der Waals surface area contributed by atoms with Crippen molar-refractivity contribution in [1.82, 2.24) is 10.3 Å². The Bertz CT molecular complexity index is 1010. The van der Waals surface area contributed by atoms with E-state index in [1.165, 1.54) is 12.8 Å². The van der Waals surface area contributed by atoms with Gasteiger partial charge in [-0.2, -0.15) is 0 Å². The Hall–Kier alpha value is -3.08. The van der Waals surface area contributed by atoms with E-state index in [9.17, 15) is 4.79 Å². The van der Waals surface area contributed by atoms with Crippen LogP contribution < -0.4 is 14.8 Å². The van der Waals surface area contributed by atoms with Gasteiger partial charge in [0.2, 0.25) is 0 Å². The van der Waals surface area contributed by atoms with Crippen molar-refractivity contribution < 1.29 is 14.3 Å². The van der Waals surface area contributed by atoms with Crippen molar-refractivity contribution in [3.63, 3.8) is 0 Å². The molecular formula is C23H24N2O3. The zero-order chi connectivity index (χ0) is 19.5. The summed E-state index contributed by atoms with van der Waals surface area (Å²) in [5.74, 6) is 1.32. The molecule has 144 valence electrons. The molecule has 2 aromatic carbocycles. The van der Waals surface area contributed by atoms with Crippen LogP contribution in [-0.2, 0) is 0 Å². The highest BCUT2D eigenvalue weighted by Gasteiger charge is 2.21. The lowest BCUT2D eigenvalue weighted by Crippen LogP contribution is -2.32. The second-order valence-electron chi connectivity index (χ2n) is 7.09. The van der Waals surface area contributed by atoms with Gasteiger partial charge in [0.05, 0.1) is 31.0 Å². The minimum Gasteiger partial charge on any atom is -0.497 e. The molecule has 5 nitrogen and oxygen atoms in total. The molecule has 0 bridgehead atoms. The number of fused-ring (bicyclic) bond motifs is 1. The average molecular weight is 376 g/mol. The molecule has 1 aliphatic rings. The van der Waals surface area contributed by atoms with Gasteiger partial charge >= 0.3 is 0 Å². The first-order valence-electron chi connectivity index (χ1n) is 9.62. The van der Waals surface area contributed by atoms with Crippen molar-refractivity contribution in [2.45, 2.75) is 31.7 Å². The second-order valence-corrected chi connectivity index (χ2v) is 7.09. The van der Waals surface area contributed by atoms with Crippen LogP contribution in [0.5, 0.6) is 11.5 Å². The summed E-state index contributed by atoms with van der Waals surface area (Å²) in [6.45, 7) is 0. The van der Waals surface area contributed by atoms with E-state index in [0.717, 1.165) is 29.3 Å². The summed E-state index contributed by atoms with van der Waals surface area (Å²) in [6, 6.07) is 15.5. The van der Waals surface area contributed by atoms with E-state index in [-0.39, 0.29) is 11.9 Å². The minimum absolute atomic E-state index is 0.0424. The highest BCUT2D eigenvalue weighted by Crippen LogP contribution is 2.34. The molecule has 0 aliphatic heterocycles. The van der Waals surface area contributed by atoms with Gasteiger partial charge in [-0.1, -0.05) is 31.0 Å². The first-order valence-corrected chi connectivity index (χ1v) is 9.62. The third-order valence-corrected chi connectivity index (χ3v) is 5.34. The standard InChI is InChI=1S/C23H24N2O3/c1-27-16-11-12-18(22(13-16)28-2)21-14-19(17-9-5-6-10-20(17)25-21)23(26)24-15-7-3-4-8-15/h5-6,9-15H,3-4,7-8H2,1-2H3,(H,24,26). The zero-order valence-electron chi connectivity index (χ0n) is 16.2. The molecule has 4 rings (SSSR count). The Kier molecular flexibility index (Phi) is 5.15. The molecule has 5 heteroatoms. The number of carbonyl (C=O) groups is 1. The molecule has 0 saturated heterocycles. The van der Waals surface area contributed by atoms with Crippen LogP contribution in [0.25, 0.3) is 22.2 Å². The van der Waals surface area contributed by atoms with Gasteiger partial charge in [0.25, 0.3) is 5.91 Å². The van der Waals surface area contributed by atoms with Gasteiger partial charge in [-0.25, -0.2) is 4.98 Å². The van der Waals surface area contributed by atoms with E-state index in [1.807, 2.05) is 48.5 Å². The van der Waals surface area contributed by atoms with Crippen LogP contribution in [0.3, 0.4) is 0 Å². The first-order chi connectivity index (χ1) is 13.7. The van der Waals surface area contributed by atoms with Crippen molar-refractivity contribution in [2.75, 3.05) is 14.2 Å². The van der Waals surface area contributed by atoms with Gasteiger partial charge in [0.15, 0.2) is 0 Å². The predicted octanol–water partition coefficient (Wildman–Crippen LogP) is 4.59. The van der Waals surface area contributed by atoms with Crippen molar-refractivity contribution in [1.29, 1.82) is 0 Å². The van der Waals surface area contributed by atoms with E-state index < -0.39 is 0 Å². The highest BCUT2D eigenvalue weighted by atomic mass is 16.5. The lowest BCUT2D eigenvalue weighted by molar-refractivity contribution is 0.0939. The average Bonchev–Trinajstić information content (AvgIpc) is 3.25. The van der Waals surface area contributed by atoms with Gasteiger partial charge in [-0.15, -0.1) is 0 Å². The van der Waals surface area contributed by atoms with E-state index in [2.05, 4.69) is 5.32 Å². The SMILES string of the molecule is COc1ccc(-c2cc(C(=O)NC3CCCC3)c3ccccc3n2)c(OC)c1. The fourth-order valence-electron chi connectivity index (χ4n) is 3.84. The van der Waals surface area contributed by atoms with Crippen LogP contribution in [0, 0.1) is 0 Å². The maximum Gasteiger partial charge on any atom is 0.252 e. The number of nitrogens with zero attached hydrogens (tertiary/aromatic N) is 1. The van der Waals surface area contributed by atoms with Crippen molar-refractivity contribution in [3.8, 4) is 22.8 Å². The monoisotopic (exact) mass is 376 g/mol. The van der Waals surface area contributed by atoms with Crippen molar-refractivity contribution in [2.24, 2.45) is 0 Å². The van der Waals surface area contributed by atoms with Gasteiger partial charge in [-0.05, 0) is 37.1 Å². The Labute approximate surface area is 164 Å². The van der Waals surface area contributed by atoms with Crippen LogP contribution in [0.1, 0.15) is 36.0 Å². The fraction of sp³-hybridized carbons (Fsp3) is 0.304. The quantitative estimate of drug-likeness (QED) is 0.707. The summed E-state index contributed by atoms with van der Waals surface area (Å²) in [4.78, 5) is 17.8. The Morgan fingerprint density at radius 1 is 1.04 bits per heavy atom. The molecule has 1 aromatic heterocycles. The second kappa shape index (κ2) is 7.89. The molecule has 1 saturated carbocycles. The number of pyridine rings is 1. The maximum atomic E-state index is 13.1. The van der Waals surface area contributed by atoms with Crippen molar-refractivity contribution in [3.05, 3.63) is 54.1 Å².